The molecule has 2 N–H and O–H groups in total. The standard InChI is InChI=1S/C13H20N2O4/c1-4-6-15(7-5-2)13(19)14-11(16)8-10(3)9-12(17)18/h4-5,10H,1-2,6-9H2,3H3,(H,17,18)(H,14,16,19). The second-order valence-corrected chi connectivity index (χ2v) is 4.24. The Morgan fingerprint density at radius 1 is 1.21 bits per heavy atom. The smallest absolute Gasteiger partial charge is 0.324 e. The molecule has 3 amide bonds. The van der Waals surface area contributed by atoms with Crippen LogP contribution in [-0.2, 0) is 9.59 Å². The van der Waals surface area contributed by atoms with Crippen molar-refractivity contribution in [1.82, 2.24) is 10.2 Å². The van der Waals surface area contributed by atoms with Crippen LogP contribution >= 0.6 is 0 Å². The number of carboxylic acid groups (broad SMARTS) is 1. The highest BCUT2D eigenvalue weighted by molar-refractivity contribution is 5.94. The molecule has 0 aliphatic heterocycles. The number of amides is 3. The average molecular weight is 268 g/mol. The van der Waals surface area contributed by atoms with Gasteiger partial charge in [0.25, 0.3) is 0 Å². The van der Waals surface area contributed by atoms with Crippen molar-refractivity contribution in [1.29, 1.82) is 0 Å². The molecule has 0 saturated carbocycles. The maximum Gasteiger partial charge on any atom is 0.324 e. The van der Waals surface area contributed by atoms with Gasteiger partial charge >= 0.3 is 12.0 Å². The molecule has 0 aromatic carbocycles. The third kappa shape index (κ3) is 7.75. The summed E-state index contributed by atoms with van der Waals surface area (Å²) in [6, 6.07) is -0.535. The molecule has 0 aliphatic carbocycles. The topological polar surface area (TPSA) is 86.7 Å². The van der Waals surface area contributed by atoms with Gasteiger partial charge < -0.3 is 10.0 Å². The van der Waals surface area contributed by atoms with Crippen molar-refractivity contribution in [3.63, 3.8) is 0 Å². The first-order valence-corrected chi connectivity index (χ1v) is 5.93. The Hall–Kier alpha value is -2.11. The Balaban J connectivity index is 4.29. The summed E-state index contributed by atoms with van der Waals surface area (Å²) >= 11 is 0. The number of urea groups is 1. The average Bonchev–Trinajstić information content (AvgIpc) is 2.26. The van der Waals surface area contributed by atoms with Gasteiger partial charge in [0.15, 0.2) is 0 Å². The molecule has 0 aromatic rings. The molecule has 0 bridgehead atoms. The summed E-state index contributed by atoms with van der Waals surface area (Å²) < 4.78 is 0. The minimum Gasteiger partial charge on any atom is -0.481 e. The molecule has 0 rings (SSSR count). The lowest BCUT2D eigenvalue weighted by Gasteiger charge is -2.19. The minimum atomic E-state index is -0.966. The molecule has 6 nitrogen and oxygen atoms in total. The zero-order valence-electron chi connectivity index (χ0n) is 11.1. The van der Waals surface area contributed by atoms with Gasteiger partial charge in [0.2, 0.25) is 5.91 Å². The van der Waals surface area contributed by atoms with Crippen LogP contribution in [0.2, 0.25) is 0 Å². The molecule has 19 heavy (non-hydrogen) atoms. The van der Waals surface area contributed by atoms with Crippen LogP contribution in [-0.4, -0.2) is 41.0 Å². The largest absolute Gasteiger partial charge is 0.481 e. The molecular weight excluding hydrogens is 248 g/mol. The monoisotopic (exact) mass is 268 g/mol. The van der Waals surface area contributed by atoms with E-state index in [1.165, 1.54) is 4.90 Å². The van der Waals surface area contributed by atoms with Gasteiger partial charge in [-0.3, -0.25) is 14.9 Å². The summed E-state index contributed by atoms with van der Waals surface area (Å²) in [6.07, 6.45) is 2.97. The molecule has 1 unspecified atom stereocenters. The number of imide groups is 1. The second kappa shape index (κ2) is 8.91. The Morgan fingerprint density at radius 3 is 2.16 bits per heavy atom. The molecule has 0 saturated heterocycles. The van der Waals surface area contributed by atoms with Crippen molar-refractivity contribution in [3.05, 3.63) is 25.3 Å². The molecular formula is C13H20N2O4. The second-order valence-electron chi connectivity index (χ2n) is 4.24. The fourth-order valence-electron chi connectivity index (χ4n) is 1.49. The first kappa shape index (κ1) is 16.9. The number of hydrogen-bond acceptors (Lipinski definition) is 3. The number of hydrogen-bond donors (Lipinski definition) is 2. The fourth-order valence-corrected chi connectivity index (χ4v) is 1.49. The summed E-state index contributed by atoms with van der Waals surface area (Å²) in [4.78, 5) is 35.1. The van der Waals surface area contributed by atoms with Crippen LogP contribution < -0.4 is 5.32 Å². The number of aliphatic carboxylic acids is 1. The fraction of sp³-hybridized carbons (Fsp3) is 0.462. The van der Waals surface area contributed by atoms with E-state index in [0.29, 0.717) is 13.1 Å². The number of carbonyl (C=O) groups excluding carboxylic acids is 2. The van der Waals surface area contributed by atoms with E-state index in [1.807, 2.05) is 0 Å². The van der Waals surface area contributed by atoms with E-state index in [9.17, 15) is 14.4 Å². The van der Waals surface area contributed by atoms with E-state index >= 15 is 0 Å². The van der Waals surface area contributed by atoms with Gasteiger partial charge in [-0.05, 0) is 5.92 Å². The lowest BCUT2D eigenvalue weighted by atomic mass is 10.0. The summed E-state index contributed by atoms with van der Waals surface area (Å²) in [5.74, 6) is -1.78. The van der Waals surface area contributed by atoms with Gasteiger partial charge in [0, 0.05) is 25.9 Å². The van der Waals surface area contributed by atoms with Gasteiger partial charge in [-0.1, -0.05) is 19.1 Å². The zero-order chi connectivity index (χ0) is 14.8. The zero-order valence-corrected chi connectivity index (χ0v) is 11.1. The maximum absolute atomic E-state index is 11.7. The summed E-state index contributed by atoms with van der Waals surface area (Å²) in [5.41, 5.74) is 0. The summed E-state index contributed by atoms with van der Waals surface area (Å²) in [7, 11) is 0. The van der Waals surface area contributed by atoms with E-state index in [0.717, 1.165) is 0 Å². The number of carboxylic acids is 1. The van der Waals surface area contributed by atoms with E-state index in [4.69, 9.17) is 5.11 Å². The molecule has 106 valence electrons. The van der Waals surface area contributed by atoms with Gasteiger partial charge in [0.1, 0.15) is 0 Å². The van der Waals surface area contributed by atoms with E-state index < -0.39 is 17.9 Å². The Kier molecular flexibility index (Phi) is 7.92. The molecule has 0 fully saturated rings. The van der Waals surface area contributed by atoms with Gasteiger partial charge in [0.05, 0.1) is 0 Å². The predicted molar refractivity (Wildman–Crippen MR) is 71.5 cm³/mol. The van der Waals surface area contributed by atoms with E-state index in [-0.39, 0.29) is 18.8 Å². The molecule has 0 heterocycles. The van der Waals surface area contributed by atoms with Crippen molar-refractivity contribution in [2.45, 2.75) is 19.8 Å². The highest BCUT2D eigenvalue weighted by atomic mass is 16.4. The van der Waals surface area contributed by atoms with Crippen LogP contribution in [0.5, 0.6) is 0 Å². The van der Waals surface area contributed by atoms with Crippen molar-refractivity contribution in [2.75, 3.05) is 13.1 Å². The van der Waals surface area contributed by atoms with Gasteiger partial charge in [-0.15, -0.1) is 13.2 Å². The summed E-state index contributed by atoms with van der Waals surface area (Å²) in [6.45, 7) is 9.28. The lowest BCUT2D eigenvalue weighted by Crippen LogP contribution is -2.43. The number of nitrogens with zero attached hydrogens (tertiary/aromatic N) is 1. The van der Waals surface area contributed by atoms with E-state index in [1.54, 1.807) is 19.1 Å². The molecule has 0 spiro atoms. The molecule has 1 atom stereocenters. The molecule has 0 aromatic heterocycles. The van der Waals surface area contributed by atoms with Crippen molar-refractivity contribution >= 4 is 17.9 Å². The van der Waals surface area contributed by atoms with Crippen LogP contribution in [0, 0.1) is 5.92 Å². The highest BCUT2D eigenvalue weighted by Crippen LogP contribution is 2.07. The van der Waals surface area contributed by atoms with E-state index in [2.05, 4.69) is 18.5 Å². The highest BCUT2D eigenvalue weighted by Gasteiger charge is 2.17. The van der Waals surface area contributed by atoms with Crippen LogP contribution in [0.3, 0.4) is 0 Å². The van der Waals surface area contributed by atoms with Crippen LogP contribution in [0.1, 0.15) is 19.8 Å². The van der Waals surface area contributed by atoms with Crippen molar-refractivity contribution in [3.8, 4) is 0 Å². The van der Waals surface area contributed by atoms with Crippen molar-refractivity contribution < 1.29 is 19.5 Å². The third-order valence-corrected chi connectivity index (χ3v) is 2.29. The summed E-state index contributed by atoms with van der Waals surface area (Å²) in [5, 5.41) is 10.8. The number of carbonyl (C=O) groups is 3. The maximum atomic E-state index is 11.7. The molecule has 6 heteroatoms. The van der Waals surface area contributed by atoms with Crippen LogP contribution in [0.15, 0.2) is 25.3 Å². The first-order chi connectivity index (χ1) is 8.90. The van der Waals surface area contributed by atoms with Gasteiger partial charge in [-0.2, -0.15) is 0 Å². The molecule has 0 aliphatic rings. The quantitative estimate of drug-likeness (QED) is 0.651. The normalized spacial score (nSPS) is 11.2. The number of nitrogens with one attached hydrogen (secondary N) is 1. The lowest BCUT2D eigenvalue weighted by molar-refractivity contribution is -0.138. The minimum absolute atomic E-state index is 0.00589. The first-order valence-electron chi connectivity index (χ1n) is 5.93. The SMILES string of the molecule is C=CCN(CC=C)C(=O)NC(=O)CC(C)CC(=O)O. The van der Waals surface area contributed by atoms with Crippen molar-refractivity contribution in [2.24, 2.45) is 5.92 Å². The van der Waals surface area contributed by atoms with Crippen LogP contribution in [0.4, 0.5) is 4.79 Å². The predicted octanol–water partition coefficient (Wildman–Crippen LogP) is 1.40. The van der Waals surface area contributed by atoms with Gasteiger partial charge in [-0.25, -0.2) is 4.79 Å². The Labute approximate surface area is 112 Å². The van der Waals surface area contributed by atoms with Crippen LogP contribution in [0.25, 0.3) is 0 Å². The number of rotatable bonds is 8. The Bertz CT molecular complexity index is 356. The Morgan fingerprint density at radius 2 is 1.74 bits per heavy atom. The molecule has 0 radical (unpaired) electrons. The third-order valence-electron chi connectivity index (χ3n) is 2.29.